The third-order valence-corrected chi connectivity index (χ3v) is 6.70. The first-order valence-corrected chi connectivity index (χ1v) is 10.4. The van der Waals surface area contributed by atoms with Crippen molar-refractivity contribution in [3.05, 3.63) is 24.3 Å². The quantitative estimate of drug-likeness (QED) is 0.663. The first kappa shape index (κ1) is 19.0. The van der Waals surface area contributed by atoms with Crippen molar-refractivity contribution in [1.29, 1.82) is 0 Å². The Hall–Kier alpha value is -1.38. The maximum Gasteiger partial charge on any atom is 0.276 e. The minimum atomic E-state index is -3.45. The predicted octanol–water partition coefficient (Wildman–Crippen LogP) is 3.52. The molecule has 0 saturated carbocycles. The molecule has 1 aromatic heterocycles. The van der Waals surface area contributed by atoms with E-state index in [1.165, 1.54) is 16.1 Å². The molecule has 132 valence electrons. The summed E-state index contributed by atoms with van der Waals surface area (Å²) in [5.41, 5.74) is 0.706. The van der Waals surface area contributed by atoms with Crippen molar-refractivity contribution in [2.75, 3.05) is 18.8 Å². The van der Waals surface area contributed by atoms with E-state index < -0.39 is 10.0 Å². The molecule has 6 nitrogen and oxygen atoms in total. The van der Waals surface area contributed by atoms with E-state index in [9.17, 15) is 8.42 Å². The molecular formula is C16H23N3O3S2. The molecule has 0 atom stereocenters. The van der Waals surface area contributed by atoms with Gasteiger partial charge < -0.3 is 4.42 Å². The molecule has 0 unspecified atom stereocenters. The third kappa shape index (κ3) is 4.37. The second-order valence-corrected chi connectivity index (χ2v) is 8.60. The zero-order valence-electron chi connectivity index (χ0n) is 14.4. The molecule has 24 heavy (non-hydrogen) atoms. The van der Waals surface area contributed by atoms with E-state index in [-0.39, 0.29) is 4.90 Å². The minimum Gasteiger partial charge on any atom is -0.411 e. The minimum absolute atomic E-state index is 0.267. The van der Waals surface area contributed by atoms with E-state index in [2.05, 4.69) is 24.0 Å². The summed E-state index contributed by atoms with van der Waals surface area (Å²) >= 11 is 1.52. The third-order valence-electron chi connectivity index (χ3n) is 3.39. The number of sulfonamides is 1. The van der Waals surface area contributed by atoms with Crippen molar-refractivity contribution < 1.29 is 12.8 Å². The Labute approximate surface area is 147 Å². The molecule has 0 N–H and O–H groups in total. The lowest BCUT2D eigenvalue weighted by Gasteiger charge is -2.18. The summed E-state index contributed by atoms with van der Waals surface area (Å²) in [6.45, 7) is 8.79. The fraction of sp³-hybridized carbons (Fsp3) is 0.500. The van der Waals surface area contributed by atoms with Gasteiger partial charge in [-0.1, -0.05) is 39.5 Å². The van der Waals surface area contributed by atoms with Crippen molar-refractivity contribution in [3.8, 4) is 11.5 Å². The molecule has 0 spiro atoms. The van der Waals surface area contributed by atoms with Crippen LogP contribution in [0.5, 0.6) is 0 Å². The highest BCUT2D eigenvalue weighted by molar-refractivity contribution is 7.99. The average molecular weight is 370 g/mol. The standard InChI is InChI=1S/C16H23N3O3S2/c1-5-19(6-2)24(20,21)14-9-7-13(8-10-14)15-17-18-16(22-15)23-11-12(3)4/h7-10,12H,5-6,11H2,1-4H3. The van der Waals surface area contributed by atoms with Crippen molar-refractivity contribution >= 4 is 21.8 Å². The molecule has 2 rings (SSSR count). The molecule has 0 bridgehead atoms. The number of nitrogens with zero attached hydrogens (tertiary/aromatic N) is 3. The van der Waals surface area contributed by atoms with Gasteiger partial charge in [-0.05, 0) is 30.2 Å². The second kappa shape index (κ2) is 8.13. The van der Waals surface area contributed by atoms with Gasteiger partial charge in [0.25, 0.3) is 5.22 Å². The Kier molecular flexibility index (Phi) is 6.42. The van der Waals surface area contributed by atoms with E-state index in [0.717, 1.165) is 5.75 Å². The van der Waals surface area contributed by atoms with Crippen LogP contribution < -0.4 is 0 Å². The molecule has 0 aliphatic rings. The molecule has 0 amide bonds. The number of thioether (sulfide) groups is 1. The highest BCUT2D eigenvalue weighted by Crippen LogP contribution is 2.26. The highest BCUT2D eigenvalue weighted by Gasteiger charge is 2.21. The smallest absolute Gasteiger partial charge is 0.276 e. The van der Waals surface area contributed by atoms with Gasteiger partial charge in [0.15, 0.2) is 0 Å². The summed E-state index contributed by atoms with van der Waals surface area (Å²) in [4.78, 5) is 0.267. The van der Waals surface area contributed by atoms with Crippen LogP contribution in [-0.4, -0.2) is 41.8 Å². The topological polar surface area (TPSA) is 76.3 Å². The SMILES string of the molecule is CCN(CC)S(=O)(=O)c1ccc(-c2nnc(SCC(C)C)o2)cc1. The monoisotopic (exact) mass is 369 g/mol. The Morgan fingerprint density at radius 3 is 2.29 bits per heavy atom. The average Bonchev–Trinajstić information content (AvgIpc) is 3.03. The summed E-state index contributed by atoms with van der Waals surface area (Å²) in [6, 6.07) is 6.55. The van der Waals surface area contributed by atoms with Crippen LogP contribution in [0, 0.1) is 5.92 Å². The summed E-state index contributed by atoms with van der Waals surface area (Å²) < 4.78 is 32.0. The van der Waals surface area contributed by atoms with Crippen LogP contribution in [-0.2, 0) is 10.0 Å². The summed E-state index contributed by atoms with van der Waals surface area (Å²) in [6.07, 6.45) is 0. The molecule has 1 aromatic carbocycles. The van der Waals surface area contributed by atoms with Gasteiger partial charge in [0.2, 0.25) is 15.9 Å². The first-order valence-electron chi connectivity index (χ1n) is 7.95. The largest absolute Gasteiger partial charge is 0.411 e. The van der Waals surface area contributed by atoms with Crippen LogP contribution >= 0.6 is 11.8 Å². The second-order valence-electron chi connectivity index (χ2n) is 5.69. The number of hydrogen-bond acceptors (Lipinski definition) is 6. The van der Waals surface area contributed by atoms with Crippen molar-refractivity contribution in [2.45, 2.75) is 37.8 Å². The number of aromatic nitrogens is 2. The Balaban J connectivity index is 2.18. The van der Waals surface area contributed by atoms with Crippen LogP contribution in [0.15, 0.2) is 38.8 Å². The molecule has 0 fully saturated rings. The highest BCUT2D eigenvalue weighted by atomic mass is 32.2. The summed E-state index contributed by atoms with van der Waals surface area (Å²) in [5.74, 6) is 1.84. The Morgan fingerprint density at radius 2 is 1.75 bits per heavy atom. The lowest BCUT2D eigenvalue weighted by atomic mass is 10.2. The molecular weight excluding hydrogens is 346 g/mol. The van der Waals surface area contributed by atoms with Crippen LogP contribution in [0.1, 0.15) is 27.7 Å². The van der Waals surface area contributed by atoms with Gasteiger partial charge >= 0.3 is 0 Å². The fourth-order valence-corrected chi connectivity index (χ4v) is 4.28. The van der Waals surface area contributed by atoms with Crippen molar-refractivity contribution in [2.24, 2.45) is 5.92 Å². The van der Waals surface area contributed by atoms with Gasteiger partial charge in [-0.3, -0.25) is 0 Å². The maximum absolute atomic E-state index is 12.5. The van der Waals surface area contributed by atoms with Crippen molar-refractivity contribution in [3.63, 3.8) is 0 Å². The van der Waals surface area contributed by atoms with Gasteiger partial charge in [-0.2, -0.15) is 4.31 Å². The lowest BCUT2D eigenvalue weighted by molar-refractivity contribution is 0.445. The Morgan fingerprint density at radius 1 is 1.12 bits per heavy atom. The first-order chi connectivity index (χ1) is 11.4. The zero-order valence-corrected chi connectivity index (χ0v) is 16.0. The van der Waals surface area contributed by atoms with Crippen LogP contribution in [0.25, 0.3) is 11.5 Å². The summed E-state index contributed by atoms with van der Waals surface area (Å²) in [5, 5.41) is 8.56. The van der Waals surface area contributed by atoms with E-state index in [0.29, 0.717) is 35.7 Å². The van der Waals surface area contributed by atoms with E-state index >= 15 is 0 Å². The molecule has 0 aliphatic heterocycles. The molecule has 1 heterocycles. The van der Waals surface area contributed by atoms with Crippen LogP contribution in [0.3, 0.4) is 0 Å². The zero-order chi connectivity index (χ0) is 17.7. The number of benzene rings is 1. The Bertz CT molecular complexity index is 751. The molecule has 0 saturated heterocycles. The fourth-order valence-electron chi connectivity index (χ4n) is 2.10. The van der Waals surface area contributed by atoms with Crippen molar-refractivity contribution in [1.82, 2.24) is 14.5 Å². The van der Waals surface area contributed by atoms with Gasteiger partial charge in [0.05, 0.1) is 4.90 Å². The van der Waals surface area contributed by atoms with E-state index in [4.69, 9.17) is 4.42 Å². The van der Waals surface area contributed by atoms with E-state index in [1.807, 2.05) is 13.8 Å². The summed E-state index contributed by atoms with van der Waals surface area (Å²) in [7, 11) is -3.45. The predicted molar refractivity (Wildman–Crippen MR) is 95.4 cm³/mol. The van der Waals surface area contributed by atoms with Crippen LogP contribution in [0.2, 0.25) is 0 Å². The molecule has 0 radical (unpaired) electrons. The van der Waals surface area contributed by atoms with E-state index in [1.54, 1.807) is 24.3 Å². The van der Waals surface area contributed by atoms with Gasteiger partial charge in [-0.25, -0.2) is 8.42 Å². The number of hydrogen-bond donors (Lipinski definition) is 0. The molecule has 2 aromatic rings. The number of rotatable bonds is 8. The molecule has 0 aliphatic carbocycles. The van der Waals surface area contributed by atoms with Gasteiger partial charge in [-0.15, -0.1) is 10.2 Å². The lowest BCUT2D eigenvalue weighted by Crippen LogP contribution is -2.30. The van der Waals surface area contributed by atoms with Crippen LogP contribution in [0.4, 0.5) is 0 Å². The molecule has 8 heteroatoms. The van der Waals surface area contributed by atoms with Gasteiger partial charge in [0.1, 0.15) is 0 Å². The van der Waals surface area contributed by atoms with Gasteiger partial charge in [0, 0.05) is 24.4 Å². The normalized spacial score (nSPS) is 12.2. The maximum atomic E-state index is 12.5.